The zero-order chi connectivity index (χ0) is 12.3. The first kappa shape index (κ1) is 12.0. The van der Waals surface area contributed by atoms with Gasteiger partial charge in [0.05, 0.1) is 11.8 Å². The number of hydrogen-bond donors (Lipinski definition) is 2. The molecule has 0 bridgehead atoms. The second kappa shape index (κ2) is 5.23. The highest BCUT2D eigenvalue weighted by molar-refractivity contribution is 6.32. The van der Waals surface area contributed by atoms with Crippen LogP contribution in [0.15, 0.2) is 16.7 Å². The molecule has 1 aliphatic rings. The summed E-state index contributed by atoms with van der Waals surface area (Å²) < 4.78 is 4.80. The van der Waals surface area contributed by atoms with Gasteiger partial charge in [0.25, 0.3) is 5.91 Å². The van der Waals surface area contributed by atoms with E-state index in [4.69, 9.17) is 16.0 Å². The number of rotatable bonds is 5. The number of carbonyl (C=O) groups is 2. The average Bonchev–Trinajstić information content (AvgIpc) is 3.07. The summed E-state index contributed by atoms with van der Waals surface area (Å²) in [7, 11) is 0. The number of furan rings is 1. The maximum atomic E-state index is 11.5. The number of carbonyl (C=O) groups excluding carboxylic acids is 2. The molecule has 0 unspecified atom stereocenters. The minimum absolute atomic E-state index is 0.0700. The molecule has 17 heavy (non-hydrogen) atoms. The maximum Gasteiger partial charge on any atom is 0.256 e. The summed E-state index contributed by atoms with van der Waals surface area (Å²) in [6.07, 6.45) is 3.30. The van der Waals surface area contributed by atoms with E-state index in [2.05, 4.69) is 10.6 Å². The molecule has 0 saturated heterocycles. The third kappa shape index (κ3) is 3.23. The monoisotopic (exact) mass is 256 g/mol. The van der Waals surface area contributed by atoms with Gasteiger partial charge in [0.1, 0.15) is 0 Å². The van der Waals surface area contributed by atoms with Crippen molar-refractivity contribution in [3.05, 3.63) is 23.1 Å². The van der Waals surface area contributed by atoms with Crippen molar-refractivity contribution in [3.8, 4) is 0 Å². The van der Waals surface area contributed by atoms with Crippen molar-refractivity contribution < 1.29 is 14.0 Å². The smallest absolute Gasteiger partial charge is 0.256 e. The van der Waals surface area contributed by atoms with E-state index in [1.54, 1.807) is 0 Å². The van der Waals surface area contributed by atoms with Crippen LogP contribution < -0.4 is 10.6 Å². The van der Waals surface area contributed by atoms with Crippen molar-refractivity contribution in [2.45, 2.75) is 12.8 Å². The van der Waals surface area contributed by atoms with E-state index < -0.39 is 0 Å². The number of amides is 2. The van der Waals surface area contributed by atoms with Gasteiger partial charge >= 0.3 is 0 Å². The molecule has 0 radical (unpaired) electrons. The van der Waals surface area contributed by atoms with Crippen molar-refractivity contribution in [1.82, 2.24) is 10.6 Å². The molecule has 2 N–H and O–H groups in total. The van der Waals surface area contributed by atoms with Crippen LogP contribution >= 0.6 is 11.6 Å². The molecular formula is C11H13ClN2O3. The first-order chi connectivity index (χ1) is 8.18. The standard InChI is InChI=1S/C11H13ClN2O3/c12-9-8(3-6-17-9)11(16)14-5-4-13-10(15)7-1-2-7/h3,6-7H,1-2,4-5H2,(H,13,15)(H,14,16). The van der Waals surface area contributed by atoms with E-state index >= 15 is 0 Å². The van der Waals surface area contributed by atoms with Crippen LogP contribution in [0.4, 0.5) is 0 Å². The van der Waals surface area contributed by atoms with E-state index in [1.807, 2.05) is 0 Å². The van der Waals surface area contributed by atoms with Gasteiger partial charge in [-0.2, -0.15) is 0 Å². The summed E-state index contributed by atoms with van der Waals surface area (Å²) in [5.74, 6) is -0.0426. The van der Waals surface area contributed by atoms with Crippen LogP contribution in [0.5, 0.6) is 0 Å². The fourth-order valence-corrected chi connectivity index (χ4v) is 1.60. The third-order valence-corrected chi connectivity index (χ3v) is 2.81. The van der Waals surface area contributed by atoms with Gasteiger partial charge in [-0.1, -0.05) is 0 Å². The average molecular weight is 257 g/mol. The fourth-order valence-electron chi connectivity index (χ4n) is 1.40. The Kier molecular flexibility index (Phi) is 3.68. The lowest BCUT2D eigenvalue weighted by molar-refractivity contribution is -0.122. The zero-order valence-corrected chi connectivity index (χ0v) is 9.92. The molecule has 2 rings (SSSR count). The van der Waals surface area contributed by atoms with E-state index in [-0.39, 0.29) is 23.0 Å². The van der Waals surface area contributed by atoms with Crippen LogP contribution in [0.1, 0.15) is 23.2 Å². The molecule has 6 heteroatoms. The van der Waals surface area contributed by atoms with Crippen molar-refractivity contribution in [1.29, 1.82) is 0 Å². The molecule has 2 amide bonds. The second-order valence-corrected chi connectivity index (χ2v) is 4.27. The van der Waals surface area contributed by atoms with Gasteiger partial charge in [-0.25, -0.2) is 0 Å². The van der Waals surface area contributed by atoms with E-state index in [9.17, 15) is 9.59 Å². The Morgan fingerprint density at radius 3 is 2.65 bits per heavy atom. The lowest BCUT2D eigenvalue weighted by Crippen LogP contribution is -2.35. The van der Waals surface area contributed by atoms with Crippen molar-refractivity contribution in [2.75, 3.05) is 13.1 Å². The van der Waals surface area contributed by atoms with Crippen LogP contribution in [0.2, 0.25) is 5.22 Å². The Hall–Kier alpha value is -1.49. The molecule has 1 aromatic rings. The van der Waals surface area contributed by atoms with Gasteiger partial charge in [0.15, 0.2) is 0 Å². The summed E-state index contributed by atoms with van der Waals surface area (Å²) in [5.41, 5.74) is 0.306. The minimum Gasteiger partial charge on any atom is -0.452 e. The molecule has 0 aliphatic heterocycles. The SMILES string of the molecule is O=C(NCCNC(=O)C1CC1)c1ccoc1Cl. The summed E-state index contributed by atoms with van der Waals surface area (Å²) >= 11 is 5.65. The Balaban J connectivity index is 1.66. The Bertz CT molecular complexity index is 426. The molecule has 1 fully saturated rings. The van der Waals surface area contributed by atoms with Gasteiger partial charge in [-0.05, 0) is 30.5 Å². The molecule has 1 heterocycles. The predicted molar refractivity (Wildman–Crippen MR) is 61.8 cm³/mol. The van der Waals surface area contributed by atoms with Gasteiger partial charge < -0.3 is 15.1 Å². The number of hydrogen-bond acceptors (Lipinski definition) is 3. The molecule has 0 aromatic carbocycles. The quantitative estimate of drug-likeness (QED) is 0.778. The maximum absolute atomic E-state index is 11.5. The third-order valence-electron chi connectivity index (χ3n) is 2.52. The van der Waals surface area contributed by atoms with Gasteiger partial charge in [0.2, 0.25) is 11.1 Å². The summed E-state index contributed by atoms with van der Waals surface area (Å²) in [5, 5.41) is 5.47. The van der Waals surface area contributed by atoms with Crippen LogP contribution in [0, 0.1) is 5.92 Å². The molecule has 5 nitrogen and oxygen atoms in total. The molecule has 0 spiro atoms. The largest absolute Gasteiger partial charge is 0.452 e. The van der Waals surface area contributed by atoms with Gasteiger partial charge in [-0.3, -0.25) is 9.59 Å². The highest BCUT2D eigenvalue weighted by Gasteiger charge is 2.29. The topological polar surface area (TPSA) is 71.3 Å². The molecule has 1 aromatic heterocycles. The van der Waals surface area contributed by atoms with Crippen LogP contribution in [0.3, 0.4) is 0 Å². The molecule has 92 valence electrons. The van der Waals surface area contributed by atoms with Crippen molar-refractivity contribution in [3.63, 3.8) is 0 Å². The van der Waals surface area contributed by atoms with Crippen molar-refractivity contribution >= 4 is 23.4 Å². The summed E-state index contributed by atoms with van der Waals surface area (Å²) in [6, 6.07) is 1.50. The fraction of sp³-hybridized carbons (Fsp3) is 0.455. The second-order valence-electron chi connectivity index (χ2n) is 3.93. The highest BCUT2D eigenvalue weighted by Crippen LogP contribution is 2.28. The van der Waals surface area contributed by atoms with E-state index in [0.29, 0.717) is 18.7 Å². The van der Waals surface area contributed by atoms with Crippen LogP contribution in [-0.4, -0.2) is 24.9 Å². The molecule has 1 saturated carbocycles. The van der Waals surface area contributed by atoms with Crippen LogP contribution in [0.25, 0.3) is 0 Å². The first-order valence-corrected chi connectivity index (χ1v) is 5.85. The van der Waals surface area contributed by atoms with Gasteiger partial charge in [0, 0.05) is 19.0 Å². The Morgan fingerprint density at radius 2 is 2.06 bits per heavy atom. The van der Waals surface area contributed by atoms with Gasteiger partial charge in [-0.15, -0.1) is 0 Å². The van der Waals surface area contributed by atoms with Crippen LogP contribution in [-0.2, 0) is 4.79 Å². The molecule has 1 aliphatic carbocycles. The Morgan fingerprint density at radius 1 is 1.35 bits per heavy atom. The molecule has 0 atom stereocenters. The molecular weight excluding hydrogens is 244 g/mol. The van der Waals surface area contributed by atoms with E-state index in [1.165, 1.54) is 12.3 Å². The van der Waals surface area contributed by atoms with Crippen molar-refractivity contribution in [2.24, 2.45) is 5.92 Å². The minimum atomic E-state index is -0.301. The lowest BCUT2D eigenvalue weighted by Gasteiger charge is -2.05. The first-order valence-electron chi connectivity index (χ1n) is 5.47. The predicted octanol–water partition coefficient (Wildman–Crippen LogP) is 1.19. The zero-order valence-electron chi connectivity index (χ0n) is 9.16. The highest BCUT2D eigenvalue weighted by atomic mass is 35.5. The number of halogens is 1. The van der Waals surface area contributed by atoms with E-state index in [0.717, 1.165) is 12.8 Å². The Labute approximate surface area is 104 Å². The summed E-state index contributed by atoms with van der Waals surface area (Å²) in [6.45, 7) is 0.801. The lowest BCUT2D eigenvalue weighted by atomic mass is 10.3. The summed E-state index contributed by atoms with van der Waals surface area (Å²) in [4.78, 5) is 22.8. The normalized spacial score (nSPS) is 14.4. The number of nitrogens with one attached hydrogen (secondary N) is 2.